The highest BCUT2D eigenvalue weighted by atomic mass is 19.3. The zero-order valence-corrected chi connectivity index (χ0v) is 8.45. The van der Waals surface area contributed by atoms with Gasteiger partial charge in [-0.2, -0.15) is 0 Å². The van der Waals surface area contributed by atoms with Gasteiger partial charge in [0.05, 0.1) is 5.56 Å². The zero-order chi connectivity index (χ0) is 14.2. The van der Waals surface area contributed by atoms with Crippen molar-refractivity contribution >= 4 is 0 Å². The molecule has 0 fully saturated rings. The Morgan fingerprint density at radius 3 is 1.56 bits per heavy atom. The van der Waals surface area contributed by atoms with E-state index in [1.54, 1.807) is 0 Å². The molecule has 0 heterocycles. The lowest BCUT2D eigenvalue weighted by Crippen LogP contribution is -2.38. The Hall–Kier alpha value is -1.35. The van der Waals surface area contributed by atoms with Gasteiger partial charge in [-0.25, -0.2) is 30.7 Å². The summed E-state index contributed by atoms with van der Waals surface area (Å²) in [4.78, 5) is 0. The fraction of sp³-hybridized carbons (Fsp3) is 0.333. The second-order valence-corrected chi connectivity index (χ2v) is 3.38. The molecule has 18 heavy (non-hydrogen) atoms. The van der Waals surface area contributed by atoms with Crippen LogP contribution in [0.5, 0.6) is 0 Å². The van der Waals surface area contributed by atoms with Crippen molar-refractivity contribution in [3.05, 3.63) is 34.6 Å². The summed E-state index contributed by atoms with van der Waals surface area (Å²) >= 11 is 0. The maximum Gasteiger partial charge on any atom is 0.289 e. The second kappa shape index (κ2) is 4.73. The molecule has 0 aliphatic rings. The third kappa shape index (κ3) is 2.15. The summed E-state index contributed by atoms with van der Waals surface area (Å²) in [5.74, 6) is -16.4. The van der Waals surface area contributed by atoms with Gasteiger partial charge >= 0.3 is 0 Å². The van der Waals surface area contributed by atoms with E-state index in [1.165, 1.54) is 0 Å². The van der Waals surface area contributed by atoms with E-state index < -0.39 is 53.2 Å². The summed E-state index contributed by atoms with van der Waals surface area (Å²) in [6.45, 7) is -1.91. The Bertz CT molecular complexity index is 447. The van der Waals surface area contributed by atoms with Gasteiger partial charge in [0.2, 0.25) is 5.82 Å². The number of hydrogen-bond acceptors (Lipinski definition) is 2. The highest BCUT2D eigenvalue weighted by molar-refractivity contribution is 5.28. The second-order valence-electron chi connectivity index (χ2n) is 3.38. The first kappa shape index (κ1) is 14.7. The van der Waals surface area contributed by atoms with Gasteiger partial charge in [-0.1, -0.05) is 0 Å². The van der Waals surface area contributed by atoms with Gasteiger partial charge in [0.15, 0.2) is 23.3 Å². The minimum Gasteiger partial charge on any atom is -0.390 e. The van der Waals surface area contributed by atoms with Crippen molar-refractivity contribution < 1.29 is 35.8 Å². The number of nitrogens with two attached hydrogens (primary N) is 1. The van der Waals surface area contributed by atoms with E-state index in [-0.39, 0.29) is 0 Å². The van der Waals surface area contributed by atoms with E-state index in [1.807, 2.05) is 0 Å². The highest BCUT2D eigenvalue weighted by Crippen LogP contribution is 2.34. The Kier molecular flexibility index (Phi) is 3.86. The molecule has 1 aromatic carbocycles. The monoisotopic (exact) mass is 277 g/mol. The van der Waals surface area contributed by atoms with Crippen LogP contribution in [0.15, 0.2) is 0 Å². The van der Waals surface area contributed by atoms with E-state index in [9.17, 15) is 30.7 Å². The number of aliphatic hydroxyl groups excluding tert-OH is 1. The van der Waals surface area contributed by atoms with Gasteiger partial charge in [0, 0.05) is 0 Å². The molecule has 1 rings (SSSR count). The minimum absolute atomic E-state index is 1.87. The van der Waals surface area contributed by atoms with Crippen molar-refractivity contribution in [2.24, 2.45) is 5.73 Å². The van der Waals surface area contributed by atoms with Crippen molar-refractivity contribution in [3.8, 4) is 0 Å². The van der Waals surface area contributed by atoms with Crippen LogP contribution in [0.25, 0.3) is 0 Å². The third-order valence-corrected chi connectivity index (χ3v) is 2.22. The van der Waals surface area contributed by atoms with Crippen LogP contribution in [-0.4, -0.2) is 17.6 Å². The Balaban J connectivity index is 3.52. The van der Waals surface area contributed by atoms with Crippen LogP contribution in [0, 0.1) is 29.1 Å². The van der Waals surface area contributed by atoms with Gasteiger partial charge in [-0.3, -0.25) is 0 Å². The fourth-order valence-electron chi connectivity index (χ4n) is 1.20. The van der Waals surface area contributed by atoms with E-state index in [2.05, 4.69) is 0 Å². The molecule has 0 unspecified atom stereocenters. The van der Waals surface area contributed by atoms with Gasteiger partial charge in [0.1, 0.15) is 12.6 Å². The molecule has 0 bridgehead atoms. The number of hydrogen-bond donors (Lipinski definition) is 2. The number of benzene rings is 1. The van der Waals surface area contributed by atoms with Crippen LogP contribution in [0.3, 0.4) is 0 Å². The summed E-state index contributed by atoms with van der Waals surface area (Å²) in [5.41, 5.74) is 2.86. The topological polar surface area (TPSA) is 46.2 Å². The molecule has 0 aliphatic heterocycles. The van der Waals surface area contributed by atoms with E-state index in [4.69, 9.17) is 10.8 Å². The molecule has 0 aromatic heterocycles. The highest BCUT2D eigenvalue weighted by Gasteiger charge is 2.42. The standard InChI is InChI=1S/C9H6F7NO/c10-3-2(8(17)9(15,16)1-18)4(11)6(13)7(14)5(3)12/h8,18H,1,17H2/t8-/m0/s1. The molecular weight excluding hydrogens is 271 g/mol. The molecule has 1 aromatic rings. The zero-order valence-electron chi connectivity index (χ0n) is 8.45. The third-order valence-electron chi connectivity index (χ3n) is 2.22. The fourth-order valence-corrected chi connectivity index (χ4v) is 1.20. The molecule has 0 radical (unpaired) electrons. The average Bonchev–Trinajstić information content (AvgIpc) is 2.34. The molecule has 0 amide bonds. The number of aliphatic hydroxyl groups is 1. The van der Waals surface area contributed by atoms with Crippen LogP contribution < -0.4 is 5.73 Å². The lowest BCUT2D eigenvalue weighted by Gasteiger charge is -2.22. The van der Waals surface area contributed by atoms with Crippen molar-refractivity contribution in [3.63, 3.8) is 0 Å². The van der Waals surface area contributed by atoms with Crippen molar-refractivity contribution in [1.29, 1.82) is 0 Å². The Morgan fingerprint density at radius 2 is 1.22 bits per heavy atom. The maximum atomic E-state index is 13.1. The summed E-state index contributed by atoms with van der Waals surface area (Å²) in [6, 6.07) is -2.87. The molecular formula is C9H6F7NO. The minimum atomic E-state index is -4.24. The molecule has 0 saturated carbocycles. The van der Waals surface area contributed by atoms with Crippen LogP contribution >= 0.6 is 0 Å². The number of halogens is 7. The quantitative estimate of drug-likeness (QED) is 0.504. The molecule has 102 valence electrons. The van der Waals surface area contributed by atoms with Gasteiger partial charge in [-0.05, 0) is 0 Å². The lowest BCUT2D eigenvalue weighted by molar-refractivity contribution is -0.0729. The first-order valence-corrected chi connectivity index (χ1v) is 4.40. The molecule has 0 aliphatic carbocycles. The van der Waals surface area contributed by atoms with Gasteiger partial charge in [0.25, 0.3) is 5.92 Å². The Labute approximate surface area is 95.8 Å². The van der Waals surface area contributed by atoms with Crippen molar-refractivity contribution in [1.82, 2.24) is 0 Å². The molecule has 3 N–H and O–H groups in total. The lowest BCUT2D eigenvalue weighted by atomic mass is 10.00. The predicted octanol–water partition coefficient (Wildman–Crippen LogP) is 2.01. The average molecular weight is 277 g/mol. The van der Waals surface area contributed by atoms with Gasteiger partial charge < -0.3 is 10.8 Å². The number of alkyl halides is 2. The predicted molar refractivity (Wildman–Crippen MR) is 45.2 cm³/mol. The molecule has 0 spiro atoms. The summed E-state index contributed by atoms with van der Waals surface area (Å²) < 4.78 is 90.1. The summed E-state index contributed by atoms with van der Waals surface area (Å²) in [7, 11) is 0. The van der Waals surface area contributed by atoms with E-state index in [0.717, 1.165) is 0 Å². The number of rotatable bonds is 3. The van der Waals surface area contributed by atoms with Crippen LogP contribution in [0.1, 0.15) is 11.6 Å². The van der Waals surface area contributed by atoms with Crippen LogP contribution in [-0.2, 0) is 0 Å². The first-order valence-electron chi connectivity index (χ1n) is 4.40. The molecule has 2 nitrogen and oxygen atoms in total. The SMILES string of the molecule is N[C@@H](c1c(F)c(F)c(F)c(F)c1F)C(F)(F)CO. The summed E-state index contributed by atoms with van der Waals surface area (Å²) in [5, 5.41) is 8.26. The maximum absolute atomic E-state index is 13.1. The largest absolute Gasteiger partial charge is 0.390 e. The molecule has 9 heteroatoms. The van der Waals surface area contributed by atoms with Gasteiger partial charge in [-0.15, -0.1) is 0 Å². The van der Waals surface area contributed by atoms with Crippen LogP contribution in [0.4, 0.5) is 30.7 Å². The van der Waals surface area contributed by atoms with Crippen LogP contribution in [0.2, 0.25) is 0 Å². The summed E-state index contributed by atoms with van der Waals surface area (Å²) in [6.07, 6.45) is 0. The van der Waals surface area contributed by atoms with Crippen molar-refractivity contribution in [2.75, 3.05) is 6.61 Å². The smallest absolute Gasteiger partial charge is 0.289 e. The molecule has 0 saturated heterocycles. The van der Waals surface area contributed by atoms with Crippen molar-refractivity contribution in [2.45, 2.75) is 12.0 Å². The normalized spacial score (nSPS) is 13.8. The van der Waals surface area contributed by atoms with E-state index >= 15 is 0 Å². The first-order chi connectivity index (χ1) is 8.15. The Morgan fingerprint density at radius 1 is 0.889 bits per heavy atom. The van der Waals surface area contributed by atoms with E-state index in [0.29, 0.717) is 0 Å². The molecule has 1 atom stereocenters.